The van der Waals surface area contributed by atoms with Gasteiger partial charge in [-0.05, 0) is 105 Å². The third kappa shape index (κ3) is 12.1. The van der Waals surface area contributed by atoms with Crippen molar-refractivity contribution in [2.75, 3.05) is 52.3 Å². The minimum Gasteiger partial charge on any atom is -0.459 e. The lowest BCUT2D eigenvalue weighted by atomic mass is 9.74. The van der Waals surface area contributed by atoms with Crippen molar-refractivity contribution in [3.05, 3.63) is 34.4 Å². The number of likely N-dealkylation sites (N-methyl/N-ethyl adjacent to an activating group) is 1. The van der Waals surface area contributed by atoms with Crippen LogP contribution in [0.4, 0.5) is 11.4 Å². The minimum absolute atomic E-state index is 0.0150. The molecule has 4 heterocycles. The maximum absolute atomic E-state index is 14.4. The Morgan fingerprint density at radius 1 is 0.917 bits per heavy atom. The maximum Gasteiger partial charge on any atom is 0.311 e. The number of hydrogen-bond donors (Lipinski definition) is 5. The number of anilines is 1. The quantitative estimate of drug-likeness (QED) is 0.0728. The van der Waals surface area contributed by atoms with Gasteiger partial charge in [-0.15, -0.1) is 0 Å². The Labute approximate surface area is 424 Å². The van der Waals surface area contributed by atoms with Crippen LogP contribution in [0.5, 0.6) is 0 Å². The van der Waals surface area contributed by atoms with E-state index in [0.717, 1.165) is 5.69 Å². The summed E-state index contributed by atoms with van der Waals surface area (Å²) in [5, 5.41) is 60.9. The Morgan fingerprint density at radius 2 is 1.54 bits per heavy atom. The number of nitro benzene ring substituents is 1. The highest BCUT2D eigenvalue weighted by Crippen LogP contribution is 2.53. The molecule has 20 heteroatoms. The summed E-state index contributed by atoms with van der Waals surface area (Å²) in [6.07, 6.45) is -9.15. The number of ketones is 1. The monoisotopic (exact) mass is 1020 g/mol. The highest BCUT2D eigenvalue weighted by molar-refractivity contribution is 5.84. The Morgan fingerprint density at radius 3 is 2.12 bits per heavy atom. The van der Waals surface area contributed by atoms with E-state index < -0.39 is 113 Å². The average Bonchev–Trinajstić information content (AvgIpc) is 3.85. The first kappa shape index (κ1) is 57.9. The molecule has 72 heavy (non-hydrogen) atoms. The molecule has 0 radical (unpaired) electrons. The molecule has 21 atom stereocenters. The van der Waals surface area contributed by atoms with Crippen molar-refractivity contribution >= 4 is 29.0 Å². The van der Waals surface area contributed by atoms with Crippen molar-refractivity contribution in [1.29, 1.82) is 0 Å². The van der Waals surface area contributed by atoms with Crippen molar-refractivity contribution in [1.82, 2.24) is 10.2 Å². The number of ether oxygens (including phenoxy) is 7. The van der Waals surface area contributed by atoms with Crippen LogP contribution in [0.2, 0.25) is 0 Å². The fourth-order valence-electron chi connectivity index (χ4n) is 12.2. The van der Waals surface area contributed by atoms with Gasteiger partial charge in [0.15, 0.2) is 12.6 Å². The zero-order chi connectivity index (χ0) is 53.4. The minimum atomic E-state index is -2.01. The molecule has 408 valence electrons. The van der Waals surface area contributed by atoms with Crippen LogP contribution in [0.3, 0.4) is 0 Å². The molecule has 5 aliphatic rings. The summed E-state index contributed by atoms with van der Waals surface area (Å²) in [6.45, 7) is 19.3. The van der Waals surface area contributed by atoms with E-state index in [-0.39, 0.29) is 60.5 Å². The van der Waals surface area contributed by atoms with Crippen LogP contribution in [-0.4, -0.2) is 180 Å². The van der Waals surface area contributed by atoms with Crippen LogP contribution < -0.4 is 10.2 Å². The number of cyclic esters (lactones) is 1. The van der Waals surface area contributed by atoms with E-state index in [1.807, 2.05) is 25.8 Å². The molecule has 0 bridgehead atoms. The molecule has 0 spiro atoms. The van der Waals surface area contributed by atoms with Crippen LogP contribution in [0, 0.1) is 51.5 Å². The van der Waals surface area contributed by atoms with Crippen molar-refractivity contribution in [2.45, 2.75) is 186 Å². The summed E-state index contributed by atoms with van der Waals surface area (Å²) in [5.74, 6) is -4.40. The van der Waals surface area contributed by atoms with Crippen LogP contribution in [0.25, 0.3) is 0 Å². The number of piperidine rings is 1. The van der Waals surface area contributed by atoms with Crippen LogP contribution in [-0.2, 0) is 47.5 Å². The van der Waals surface area contributed by atoms with E-state index in [9.17, 15) is 44.9 Å². The van der Waals surface area contributed by atoms with Crippen molar-refractivity contribution in [3.63, 3.8) is 0 Å². The highest BCUT2D eigenvalue weighted by Gasteiger charge is 2.60. The molecule has 20 nitrogen and oxygen atoms in total. The van der Waals surface area contributed by atoms with Gasteiger partial charge in [-0.3, -0.25) is 24.5 Å². The summed E-state index contributed by atoms with van der Waals surface area (Å²) in [5.41, 5.74) is -3.49. The van der Waals surface area contributed by atoms with Gasteiger partial charge in [-0.1, -0.05) is 27.7 Å². The van der Waals surface area contributed by atoms with Crippen LogP contribution in [0.15, 0.2) is 24.3 Å². The molecule has 0 aromatic heterocycles. The number of benzene rings is 1. The summed E-state index contributed by atoms with van der Waals surface area (Å²) in [4.78, 5) is 56.8. The number of carbonyl (C=O) groups excluding carboxylic acids is 3. The van der Waals surface area contributed by atoms with Gasteiger partial charge in [0.1, 0.15) is 29.7 Å². The summed E-state index contributed by atoms with van der Waals surface area (Å²) >= 11 is 0. The lowest BCUT2D eigenvalue weighted by molar-refractivity contribution is -0.384. The molecule has 1 unspecified atom stereocenters. The number of Topliss-reactive ketones (excluding diaryl/α,β-unsaturated/α-hetero) is 1. The zero-order valence-electron chi connectivity index (χ0n) is 44.6. The maximum atomic E-state index is 14.4. The van der Waals surface area contributed by atoms with Gasteiger partial charge in [-0.25, -0.2) is 0 Å². The van der Waals surface area contributed by atoms with E-state index in [0.29, 0.717) is 39.0 Å². The van der Waals surface area contributed by atoms with Crippen LogP contribution in [0.1, 0.15) is 101 Å². The molecule has 6 rings (SSSR count). The first-order valence-electron chi connectivity index (χ1n) is 25.9. The van der Waals surface area contributed by atoms with E-state index in [4.69, 9.17) is 33.2 Å². The van der Waals surface area contributed by atoms with Crippen LogP contribution >= 0.6 is 0 Å². The normalized spacial score (nSPS) is 43.2. The predicted molar refractivity (Wildman–Crippen MR) is 263 cm³/mol. The fraction of sp³-hybridized carbons (Fsp3) is 0.827. The largest absolute Gasteiger partial charge is 0.459 e. The number of amides is 1. The number of carbonyl (C=O) groups is 3. The number of aliphatic hydroxyl groups excluding tert-OH is 3. The molecular weight excluding hydrogens is 937 g/mol. The van der Waals surface area contributed by atoms with Crippen molar-refractivity contribution < 1.29 is 72.9 Å². The number of nitro groups is 1. The van der Waals surface area contributed by atoms with Gasteiger partial charge in [0.2, 0.25) is 5.91 Å². The Balaban J connectivity index is 1.19. The standard InChI is InChI=1S/C52H84N4O16/c1-14-38-52(10,63)44(59)29(4)41(57)27(2)23-51(9,67-13)46(30(5)43(31(6)48(62)70-38)71-39-24-50(8,66-12)45(60)32(7)69-39)72-49-42(58)37(22-28(3)68-49)54(11)21-15-20-53-47(61)40-35-25-55(26-36(35)40)33-16-18-34(19-17-33)56(64)65/h16-19,27-32,35-40,42-46,49,58-60,63H,14-15,20-26H2,1-13H3,(H,53,61)/t27-,28-,29+,30+,31-,32+,35-,36+,37+,38-,39+,40?,42-,43+,44-,45+,46-,49+,50-,51-,52-/m1/s1. The number of nitrogens with zero attached hydrogens (tertiary/aromatic N) is 3. The lowest BCUT2D eigenvalue weighted by Gasteiger charge is -2.50. The zero-order valence-corrected chi connectivity index (χ0v) is 44.6. The van der Waals surface area contributed by atoms with Gasteiger partial charge in [0.25, 0.3) is 5.69 Å². The molecule has 1 aromatic rings. The fourth-order valence-corrected chi connectivity index (χ4v) is 12.2. The Bertz CT molecular complexity index is 2020. The van der Waals surface area contributed by atoms with Gasteiger partial charge in [0, 0.05) is 87.8 Å². The summed E-state index contributed by atoms with van der Waals surface area (Å²) in [6, 6.07) is 6.05. The number of non-ortho nitro benzene ring substituents is 1. The van der Waals surface area contributed by atoms with Gasteiger partial charge in [-0.2, -0.15) is 0 Å². The summed E-state index contributed by atoms with van der Waals surface area (Å²) in [7, 11) is 4.89. The molecule has 5 N–H and O–H groups in total. The molecule has 5 fully saturated rings. The van der Waals surface area contributed by atoms with Crippen molar-refractivity contribution in [2.24, 2.45) is 41.4 Å². The van der Waals surface area contributed by atoms with E-state index in [1.54, 1.807) is 53.7 Å². The number of fused-ring (bicyclic) bond motifs is 1. The van der Waals surface area contributed by atoms with Gasteiger partial charge < -0.3 is 68.7 Å². The van der Waals surface area contributed by atoms with E-state index >= 15 is 0 Å². The van der Waals surface area contributed by atoms with E-state index in [2.05, 4.69) is 10.2 Å². The Hall–Kier alpha value is -3.41. The average molecular weight is 1020 g/mol. The number of rotatable bonds is 15. The summed E-state index contributed by atoms with van der Waals surface area (Å²) < 4.78 is 44.7. The second-order valence-electron chi connectivity index (χ2n) is 22.3. The number of esters is 1. The molecule has 1 saturated carbocycles. The third-order valence-electron chi connectivity index (χ3n) is 17.1. The molecule has 1 amide bonds. The molecule has 1 aliphatic carbocycles. The molecular formula is C52H84N4O16. The highest BCUT2D eigenvalue weighted by atomic mass is 16.7. The number of nitrogens with one attached hydrogen (secondary N) is 1. The number of aliphatic hydroxyl groups is 4. The first-order chi connectivity index (χ1) is 33.7. The smallest absolute Gasteiger partial charge is 0.311 e. The number of methoxy groups -OCH3 is 2. The molecule has 4 aliphatic heterocycles. The second kappa shape index (κ2) is 23.2. The predicted octanol–water partition coefficient (Wildman–Crippen LogP) is 3.61. The number of hydrogen-bond acceptors (Lipinski definition) is 18. The Kier molecular flexibility index (Phi) is 18.7. The van der Waals surface area contributed by atoms with Gasteiger partial charge in [0.05, 0.1) is 52.6 Å². The second-order valence-corrected chi connectivity index (χ2v) is 22.3. The van der Waals surface area contributed by atoms with Crippen molar-refractivity contribution in [3.8, 4) is 0 Å². The lowest BCUT2D eigenvalue weighted by Crippen LogP contribution is -2.61. The molecule has 1 aromatic carbocycles. The van der Waals surface area contributed by atoms with Gasteiger partial charge >= 0.3 is 5.97 Å². The SMILES string of the molecule is CC[C@H]1OC(=O)[C@H](C)[C@@H](O[C@H]2C[C@@](C)(OC)[C@@H](O)[C@H](C)O2)[C@H](C)[C@@H](O[C@@H]2O[C@H](C)C[C@H](N(C)CCCNC(=O)C3[C@H]4CN(c5ccc([N+](=O)[O-])cc5)C[C@@H]34)[C@H]2O)[C@](C)(OC)C[C@@H](C)C(=O)[C@H](C)[C@@H](O)[C@]1(C)O. The topological polar surface area (TPSA) is 258 Å². The van der Waals surface area contributed by atoms with E-state index in [1.165, 1.54) is 40.2 Å². The third-order valence-corrected chi connectivity index (χ3v) is 17.1. The molecule has 4 saturated heterocycles. The first-order valence-corrected chi connectivity index (χ1v) is 25.9.